The fourth-order valence-electron chi connectivity index (χ4n) is 4.05. The van der Waals surface area contributed by atoms with Crippen LogP contribution in [0.4, 0.5) is 5.82 Å². The number of hydrogen-bond acceptors (Lipinski definition) is 4. The standard InChI is InChI=1S/C21H27N5O/c1-14-12-20(26(24-14)18-6-5-7-19(13-18)27-4)25-10-8-17(9-11-25)21-15(2)22-16(3)23-21/h5-7,12-13,17H,8-11H2,1-4H3,(H,22,23). The monoisotopic (exact) mass is 365 g/mol. The van der Waals surface area contributed by atoms with Crippen molar-refractivity contribution in [1.29, 1.82) is 0 Å². The quantitative estimate of drug-likeness (QED) is 0.761. The fraction of sp³-hybridized carbons (Fsp3) is 0.429. The Labute approximate surface area is 160 Å². The van der Waals surface area contributed by atoms with Crippen molar-refractivity contribution in [1.82, 2.24) is 19.7 Å². The lowest BCUT2D eigenvalue weighted by Crippen LogP contribution is -2.34. The van der Waals surface area contributed by atoms with E-state index < -0.39 is 0 Å². The highest BCUT2D eigenvalue weighted by Crippen LogP contribution is 2.32. The van der Waals surface area contributed by atoms with E-state index >= 15 is 0 Å². The number of ether oxygens (including phenoxy) is 1. The second kappa shape index (κ2) is 7.10. The molecule has 4 rings (SSSR count). The van der Waals surface area contributed by atoms with Gasteiger partial charge < -0.3 is 14.6 Å². The summed E-state index contributed by atoms with van der Waals surface area (Å²) in [6.45, 7) is 8.21. The highest BCUT2D eigenvalue weighted by Gasteiger charge is 2.26. The molecular formula is C21H27N5O. The Morgan fingerprint density at radius 2 is 1.89 bits per heavy atom. The predicted octanol–water partition coefficient (Wildman–Crippen LogP) is 3.91. The van der Waals surface area contributed by atoms with Crippen LogP contribution in [0.2, 0.25) is 0 Å². The van der Waals surface area contributed by atoms with Gasteiger partial charge in [0.15, 0.2) is 0 Å². The molecule has 142 valence electrons. The van der Waals surface area contributed by atoms with Gasteiger partial charge in [-0.3, -0.25) is 0 Å². The van der Waals surface area contributed by atoms with E-state index in [0.29, 0.717) is 5.92 Å². The minimum atomic E-state index is 0.528. The number of H-pyrrole nitrogens is 1. The molecule has 1 aliphatic heterocycles. The van der Waals surface area contributed by atoms with E-state index in [1.54, 1.807) is 7.11 Å². The maximum absolute atomic E-state index is 5.38. The van der Waals surface area contributed by atoms with Crippen molar-refractivity contribution in [2.45, 2.75) is 39.5 Å². The Hall–Kier alpha value is -2.76. The first kappa shape index (κ1) is 17.6. The van der Waals surface area contributed by atoms with Crippen LogP contribution in [-0.2, 0) is 0 Å². The van der Waals surface area contributed by atoms with Crippen LogP contribution in [0, 0.1) is 20.8 Å². The Morgan fingerprint density at radius 1 is 1.11 bits per heavy atom. The third-order valence-corrected chi connectivity index (χ3v) is 5.36. The summed E-state index contributed by atoms with van der Waals surface area (Å²) in [6, 6.07) is 10.2. The molecule has 1 aromatic carbocycles. The van der Waals surface area contributed by atoms with Gasteiger partial charge in [-0.2, -0.15) is 5.10 Å². The van der Waals surface area contributed by atoms with Gasteiger partial charge >= 0.3 is 0 Å². The predicted molar refractivity (Wildman–Crippen MR) is 107 cm³/mol. The number of hydrogen-bond donors (Lipinski definition) is 1. The topological polar surface area (TPSA) is 59.0 Å². The second-order valence-corrected chi connectivity index (χ2v) is 7.35. The molecule has 0 saturated carbocycles. The molecule has 1 fully saturated rings. The maximum atomic E-state index is 5.38. The van der Waals surface area contributed by atoms with Crippen molar-refractivity contribution in [2.24, 2.45) is 0 Å². The van der Waals surface area contributed by atoms with E-state index in [0.717, 1.165) is 54.7 Å². The molecule has 1 N–H and O–H groups in total. The van der Waals surface area contributed by atoms with Crippen LogP contribution < -0.4 is 9.64 Å². The first-order valence-electron chi connectivity index (χ1n) is 9.54. The van der Waals surface area contributed by atoms with Gasteiger partial charge in [0.1, 0.15) is 17.4 Å². The Bertz CT molecular complexity index is 934. The maximum Gasteiger partial charge on any atom is 0.132 e. The zero-order chi connectivity index (χ0) is 19.0. The second-order valence-electron chi connectivity index (χ2n) is 7.35. The number of anilines is 1. The Balaban J connectivity index is 1.56. The SMILES string of the molecule is COc1cccc(-n2nc(C)cc2N2CCC(c3nc(C)[nH]c3C)CC2)c1. The largest absolute Gasteiger partial charge is 0.497 e. The number of nitrogens with one attached hydrogen (secondary N) is 1. The molecule has 0 amide bonds. The fourth-order valence-corrected chi connectivity index (χ4v) is 4.05. The van der Waals surface area contributed by atoms with Crippen LogP contribution in [0.3, 0.4) is 0 Å². The van der Waals surface area contributed by atoms with Crippen molar-refractivity contribution in [2.75, 3.05) is 25.1 Å². The van der Waals surface area contributed by atoms with Crippen molar-refractivity contribution >= 4 is 5.82 Å². The number of rotatable bonds is 4. The minimum absolute atomic E-state index is 0.528. The van der Waals surface area contributed by atoms with Crippen LogP contribution in [0.25, 0.3) is 5.69 Å². The molecule has 0 spiro atoms. The zero-order valence-corrected chi connectivity index (χ0v) is 16.5. The van der Waals surface area contributed by atoms with Crippen LogP contribution >= 0.6 is 0 Å². The Morgan fingerprint density at radius 3 is 2.56 bits per heavy atom. The van der Waals surface area contributed by atoms with Crippen LogP contribution in [0.15, 0.2) is 30.3 Å². The van der Waals surface area contributed by atoms with Gasteiger partial charge in [-0.15, -0.1) is 0 Å². The number of aryl methyl sites for hydroxylation is 3. The molecule has 2 aromatic heterocycles. The van der Waals surface area contributed by atoms with Crippen LogP contribution in [0.1, 0.15) is 41.7 Å². The number of aromatic nitrogens is 4. The average molecular weight is 365 g/mol. The molecule has 3 aromatic rings. The summed E-state index contributed by atoms with van der Waals surface area (Å²) >= 11 is 0. The number of benzene rings is 1. The van der Waals surface area contributed by atoms with Crippen molar-refractivity contribution < 1.29 is 4.74 Å². The van der Waals surface area contributed by atoms with Gasteiger partial charge in [-0.25, -0.2) is 9.67 Å². The molecular weight excluding hydrogens is 338 g/mol. The smallest absolute Gasteiger partial charge is 0.132 e. The zero-order valence-electron chi connectivity index (χ0n) is 16.5. The molecule has 0 aliphatic carbocycles. The molecule has 1 aliphatic rings. The Kier molecular flexibility index (Phi) is 4.64. The lowest BCUT2D eigenvalue weighted by Gasteiger charge is -2.33. The number of aromatic amines is 1. The van der Waals surface area contributed by atoms with Gasteiger partial charge in [-0.05, 0) is 45.7 Å². The van der Waals surface area contributed by atoms with Gasteiger partial charge in [0.05, 0.1) is 24.2 Å². The first-order chi connectivity index (χ1) is 13.0. The normalized spacial score (nSPS) is 15.3. The van der Waals surface area contributed by atoms with Gasteiger partial charge in [0.25, 0.3) is 0 Å². The third kappa shape index (κ3) is 3.44. The summed E-state index contributed by atoms with van der Waals surface area (Å²) in [5, 5.41) is 4.73. The number of methoxy groups -OCH3 is 1. The van der Waals surface area contributed by atoms with E-state index in [4.69, 9.17) is 14.8 Å². The molecule has 6 nitrogen and oxygen atoms in total. The van der Waals surface area contributed by atoms with Gasteiger partial charge in [-0.1, -0.05) is 6.07 Å². The van der Waals surface area contributed by atoms with E-state index in [9.17, 15) is 0 Å². The number of imidazole rings is 1. The number of piperidine rings is 1. The summed E-state index contributed by atoms with van der Waals surface area (Å²) in [6.07, 6.45) is 2.21. The van der Waals surface area contributed by atoms with Crippen molar-refractivity contribution in [3.63, 3.8) is 0 Å². The lowest BCUT2D eigenvalue weighted by molar-refractivity contribution is 0.414. The first-order valence-corrected chi connectivity index (χ1v) is 9.54. The van der Waals surface area contributed by atoms with Gasteiger partial charge in [0.2, 0.25) is 0 Å². The molecule has 0 unspecified atom stereocenters. The number of nitrogens with zero attached hydrogens (tertiary/aromatic N) is 4. The van der Waals surface area contributed by atoms with Crippen molar-refractivity contribution in [3.05, 3.63) is 53.2 Å². The van der Waals surface area contributed by atoms with E-state index in [1.165, 1.54) is 11.4 Å². The molecule has 6 heteroatoms. The van der Waals surface area contributed by atoms with Gasteiger partial charge in [0, 0.05) is 36.8 Å². The summed E-state index contributed by atoms with van der Waals surface area (Å²) in [4.78, 5) is 10.5. The minimum Gasteiger partial charge on any atom is -0.497 e. The van der Waals surface area contributed by atoms with E-state index in [1.807, 2.05) is 36.7 Å². The molecule has 0 radical (unpaired) electrons. The lowest BCUT2D eigenvalue weighted by atomic mass is 9.92. The summed E-state index contributed by atoms with van der Waals surface area (Å²) in [7, 11) is 1.69. The highest BCUT2D eigenvalue weighted by molar-refractivity contribution is 5.50. The molecule has 27 heavy (non-hydrogen) atoms. The molecule has 0 atom stereocenters. The van der Waals surface area contributed by atoms with Crippen LogP contribution in [0.5, 0.6) is 5.75 Å². The third-order valence-electron chi connectivity index (χ3n) is 5.36. The van der Waals surface area contributed by atoms with E-state index in [2.05, 4.69) is 28.9 Å². The highest BCUT2D eigenvalue weighted by atomic mass is 16.5. The molecule has 1 saturated heterocycles. The summed E-state index contributed by atoms with van der Waals surface area (Å²) in [5.41, 5.74) is 4.50. The molecule has 3 heterocycles. The van der Waals surface area contributed by atoms with Crippen LogP contribution in [-0.4, -0.2) is 39.9 Å². The van der Waals surface area contributed by atoms with Crippen molar-refractivity contribution in [3.8, 4) is 11.4 Å². The average Bonchev–Trinajstić information content (AvgIpc) is 3.23. The molecule has 0 bridgehead atoms. The summed E-state index contributed by atoms with van der Waals surface area (Å²) < 4.78 is 7.41. The summed E-state index contributed by atoms with van der Waals surface area (Å²) in [5.74, 6) is 3.53. The van der Waals surface area contributed by atoms with E-state index in [-0.39, 0.29) is 0 Å².